The van der Waals surface area contributed by atoms with Crippen LogP contribution >= 0.6 is 11.3 Å². The second kappa shape index (κ2) is 7.26. The Morgan fingerprint density at radius 1 is 1.48 bits per heavy atom. The number of rotatable bonds is 5. The van der Waals surface area contributed by atoms with E-state index >= 15 is 0 Å². The number of hydrogen-bond donors (Lipinski definition) is 2. The van der Waals surface area contributed by atoms with E-state index in [9.17, 15) is 4.79 Å². The third-order valence-corrected chi connectivity index (χ3v) is 4.65. The van der Waals surface area contributed by atoms with Crippen molar-refractivity contribution in [3.63, 3.8) is 0 Å². The maximum atomic E-state index is 12.5. The minimum absolute atomic E-state index is 0.123. The van der Waals surface area contributed by atoms with Crippen LogP contribution in [0.1, 0.15) is 22.7 Å². The summed E-state index contributed by atoms with van der Waals surface area (Å²) >= 11 is 1.53. The first kappa shape index (κ1) is 16.1. The minimum Gasteiger partial charge on any atom is -0.379 e. The normalized spacial score (nSPS) is 20.6. The number of amides is 1. The first-order valence-electron chi connectivity index (χ1n) is 7.97. The Morgan fingerprint density at radius 2 is 2.44 bits per heavy atom. The highest BCUT2D eigenvalue weighted by Gasteiger charge is 2.29. The smallest absolute Gasteiger partial charge is 0.287 e. The molecule has 4 rings (SSSR count). The molecule has 2 N–H and O–H groups in total. The molecule has 130 valence electrons. The molecule has 25 heavy (non-hydrogen) atoms. The van der Waals surface area contributed by atoms with Gasteiger partial charge in [0.25, 0.3) is 5.91 Å². The second-order valence-electron chi connectivity index (χ2n) is 5.73. The molecule has 3 aromatic rings. The van der Waals surface area contributed by atoms with Crippen LogP contribution in [-0.4, -0.2) is 51.2 Å². The average Bonchev–Trinajstić information content (AvgIpc) is 3.30. The van der Waals surface area contributed by atoms with Gasteiger partial charge in [-0.1, -0.05) is 0 Å². The number of carbonyl (C=O) groups excluding carboxylic acids is 1. The average molecular weight is 359 g/mol. The highest BCUT2D eigenvalue weighted by molar-refractivity contribution is 7.07. The Bertz CT molecular complexity index is 817. The number of fused-ring (bicyclic) bond motifs is 1. The van der Waals surface area contributed by atoms with Gasteiger partial charge in [0.1, 0.15) is 0 Å². The highest BCUT2D eigenvalue weighted by Crippen LogP contribution is 2.15. The lowest BCUT2D eigenvalue weighted by atomic mass is 10.1. The van der Waals surface area contributed by atoms with Crippen LogP contribution in [0.3, 0.4) is 0 Å². The number of nitrogens with zero attached hydrogens (tertiary/aromatic N) is 3. The molecule has 1 saturated heterocycles. The van der Waals surface area contributed by atoms with Crippen LogP contribution in [0.2, 0.25) is 0 Å². The van der Waals surface area contributed by atoms with Crippen LogP contribution in [0.25, 0.3) is 11.2 Å². The molecule has 8 nitrogen and oxygen atoms in total. The lowest BCUT2D eigenvalue weighted by Gasteiger charge is -2.31. The quantitative estimate of drug-likeness (QED) is 0.716. The first-order valence-corrected chi connectivity index (χ1v) is 8.92. The summed E-state index contributed by atoms with van der Waals surface area (Å²) < 4.78 is 11.4. The van der Waals surface area contributed by atoms with Gasteiger partial charge in [-0.05, 0) is 18.6 Å². The van der Waals surface area contributed by atoms with Crippen molar-refractivity contribution in [3.8, 4) is 0 Å². The largest absolute Gasteiger partial charge is 0.379 e. The molecule has 9 heteroatoms. The van der Waals surface area contributed by atoms with E-state index in [0.29, 0.717) is 25.5 Å². The van der Waals surface area contributed by atoms with E-state index < -0.39 is 0 Å². The van der Waals surface area contributed by atoms with Gasteiger partial charge in [0, 0.05) is 18.2 Å². The van der Waals surface area contributed by atoms with Gasteiger partial charge in [-0.25, -0.2) is 15.0 Å². The summed E-state index contributed by atoms with van der Waals surface area (Å²) in [5.41, 5.74) is 3.91. The van der Waals surface area contributed by atoms with E-state index in [0.717, 1.165) is 17.6 Å². The second-order valence-corrected chi connectivity index (χ2v) is 6.45. The van der Waals surface area contributed by atoms with Crippen LogP contribution < -0.4 is 5.32 Å². The van der Waals surface area contributed by atoms with Gasteiger partial charge in [0.15, 0.2) is 11.5 Å². The van der Waals surface area contributed by atoms with Crippen molar-refractivity contribution in [2.45, 2.75) is 25.2 Å². The van der Waals surface area contributed by atoms with Gasteiger partial charge in [-0.3, -0.25) is 4.79 Å². The Labute approximate surface area is 147 Å². The minimum atomic E-state index is -0.296. The Kier molecular flexibility index (Phi) is 4.68. The summed E-state index contributed by atoms with van der Waals surface area (Å²) in [5.74, 6) is -0.0618. The van der Waals surface area contributed by atoms with Crippen molar-refractivity contribution in [3.05, 3.63) is 40.7 Å². The SMILES string of the molecule is O=C(N[C@@H]1COCC[C@@H]1OCc1cscn1)c1nc2ncccc2[nH]1. The zero-order chi connectivity index (χ0) is 17.1. The molecular weight excluding hydrogens is 342 g/mol. The lowest BCUT2D eigenvalue weighted by Crippen LogP contribution is -2.50. The van der Waals surface area contributed by atoms with Gasteiger partial charge in [0.2, 0.25) is 0 Å². The summed E-state index contributed by atoms with van der Waals surface area (Å²) in [7, 11) is 0. The molecular formula is C16H17N5O3S. The van der Waals surface area contributed by atoms with E-state index in [2.05, 4.69) is 25.3 Å². The van der Waals surface area contributed by atoms with Gasteiger partial charge in [0.05, 0.1) is 42.1 Å². The molecule has 1 aliphatic rings. The highest BCUT2D eigenvalue weighted by atomic mass is 32.1. The monoisotopic (exact) mass is 359 g/mol. The molecule has 1 fully saturated rings. The number of aromatic nitrogens is 4. The topological polar surface area (TPSA) is 102 Å². The van der Waals surface area contributed by atoms with Gasteiger partial charge in [-0.2, -0.15) is 0 Å². The van der Waals surface area contributed by atoms with Crippen LogP contribution in [0, 0.1) is 0 Å². The van der Waals surface area contributed by atoms with E-state index in [-0.39, 0.29) is 23.9 Å². The molecule has 0 radical (unpaired) electrons. The summed E-state index contributed by atoms with van der Waals surface area (Å²) in [6.45, 7) is 1.45. The number of nitrogens with one attached hydrogen (secondary N) is 2. The molecule has 0 saturated carbocycles. The van der Waals surface area contributed by atoms with Crippen molar-refractivity contribution in [1.29, 1.82) is 0 Å². The van der Waals surface area contributed by atoms with Gasteiger partial charge in [-0.15, -0.1) is 11.3 Å². The third kappa shape index (κ3) is 3.68. The lowest BCUT2D eigenvalue weighted by molar-refractivity contribution is -0.0612. The predicted octanol–water partition coefficient (Wildman–Crippen LogP) is 1.52. The zero-order valence-corrected chi connectivity index (χ0v) is 14.2. The maximum absolute atomic E-state index is 12.5. The molecule has 0 bridgehead atoms. The maximum Gasteiger partial charge on any atom is 0.287 e. The summed E-state index contributed by atoms with van der Waals surface area (Å²) in [5, 5.41) is 4.90. The van der Waals surface area contributed by atoms with Crippen LogP contribution in [0.4, 0.5) is 0 Å². The molecule has 4 heterocycles. The van der Waals surface area contributed by atoms with Crippen LogP contribution in [0.15, 0.2) is 29.2 Å². The number of thiazole rings is 1. The first-order chi connectivity index (χ1) is 12.3. The van der Waals surface area contributed by atoms with Crippen LogP contribution in [-0.2, 0) is 16.1 Å². The molecule has 2 atom stereocenters. The Hall–Kier alpha value is -2.36. The van der Waals surface area contributed by atoms with Crippen molar-refractivity contribution in [2.75, 3.05) is 13.2 Å². The summed E-state index contributed by atoms with van der Waals surface area (Å²) in [6.07, 6.45) is 2.24. The number of ether oxygens (including phenoxy) is 2. The van der Waals surface area contributed by atoms with Crippen molar-refractivity contribution in [1.82, 2.24) is 25.3 Å². The van der Waals surface area contributed by atoms with E-state index in [1.54, 1.807) is 17.8 Å². The zero-order valence-electron chi connectivity index (χ0n) is 13.3. The molecule has 0 unspecified atom stereocenters. The number of aromatic amines is 1. The van der Waals surface area contributed by atoms with Crippen molar-refractivity contribution < 1.29 is 14.3 Å². The molecule has 1 aliphatic heterocycles. The van der Waals surface area contributed by atoms with E-state index in [1.807, 2.05) is 11.4 Å². The van der Waals surface area contributed by atoms with E-state index in [4.69, 9.17) is 9.47 Å². The van der Waals surface area contributed by atoms with Gasteiger partial charge < -0.3 is 19.8 Å². The molecule has 0 aromatic carbocycles. The fourth-order valence-electron chi connectivity index (χ4n) is 2.74. The third-order valence-electron chi connectivity index (χ3n) is 4.01. The Balaban J connectivity index is 1.42. The van der Waals surface area contributed by atoms with Gasteiger partial charge >= 0.3 is 0 Å². The fraction of sp³-hybridized carbons (Fsp3) is 0.375. The number of hydrogen-bond acceptors (Lipinski definition) is 7. The van der Waals surface area contributed by atoms with Crippen molar-refractivity contribution >= 4 is 28.4 Å². The fourth-order valence-corrected chi connectivity index (χ4v) is 3.29. The van der Waals surface area contributed by atoms with Crippen molar-refractivity contribution in [2.24, 2.45) is 0 Å². The summed E-state index contributed by atoms with van der Waals surface area (Å²) in [4.78, 5) is 28.0. The number of H-pyrrole nitrogens is 1. The predicted molar refractivity (Wildman–Crippen MR) is 91.3 cm³/mol. The number of imidazole rings is 1. The van der Waals surface area contributed by atoms with E-state index in [1.165, 1.54) is 11.3 Å². The molecule has 0 aliphatic carbocycles. The molecule has 3 aromatic heterocycles. The Morgan fingerprint density at radius 3 is 3.28 bits per heavy atom. The standard InChI is InChI=1S/C16H17N5O3S/c22-16(15-19-11-2-1-4-17-14(11)21-15)20-12-7-23-5-3-13(12)24-6-10-8-25-9-18-10/h1-2,4,8-9,12-13H,3,5-7H2,(H,20,22)(H,17,19,21)/t12-,13+/m1/s1. The van der Waals surface area contributed by atoms with Crippen LogP contribution in [0.5, 0.6) is 0 Å². The number of pyridine rings is 1. The summed E-state index contributed by atoms with van der Waals surface area (Å²) in [6, 6.07) is 3.39. The molecule has 0 spiro atoms. The molecule has 1 amide bonds. The number of carbonyl (C=O) groups is 1.